The second kappa shape index (κ2) is 5.80. The number of methoxy groups -OCH3 is 1. The normalized spacial score (nSPS) is 19.6. The molecule has 96 valence electrons. The summed E-state index contributed by atoms with van der Waals surface area (Å²) < 4.78 is 5.18. The van der Waals surface area contributed by atoms with Crippen LogP contribution in [0.25, 0.3) is 0 Å². The molecule has 0 radical (unpaired) electrons. The number of ketones is 2. The third-order valence-corrected chi connectivity index (χ3v) is 3.52. The smallest absolute Gasteiger partial charge is 0.167 e. The van der Waals surface area contributed by atoms with Crippen molar-refractivity contribution in [3.63, 3.8) is 0 Å². The van der Waals surface area contributed by atoms with Crippen molar-refractivity contribution in [1.82, 2.24) is 0 Å². The zero-order valence-corrected chi connectivity index (χ0v) is 10.6. The fraction of sp³-hybridized carbons (Fsp3) is 0.467. The zero-order valence-electron chi connectivity index (χ0n) is 10.6. The quantitative estimate of drug-likeness (QED) is 0.767. The molecule has 1 aliphatic carbocycles. The first kappa shape index (κ1) is 12.8. The number of ether oxygens (including phenoxy) is 1. The molecule has 1 fully saturated rings. The molecule has 1 saturated carbocycles. The van der Waals surface area contributed by atoms with E-state index in [1.165, 1.54) is 0 Å². The Kier molecular flexibility index (Phi) is 4.13. The molecular weight excluding hydrogens is 228 g/mol. The molecule has 1 atom stereocenters. The SMILES string of the molecule is COc1ccccc1C(=O)CC1CCCCC1=O. The van der Waals surface area contributed by atoms with Gasteiger partial charge in [-0.25, -0.2) is 0 Å². The van der Waals surface area contributed by atoms with Gasteiger partial charge in [-0.1, -0.05) is 18.6 Å². The van der Waals surface area contributed by atoms with E-state index in [-0.39, 0.29) is 17.5 Å². The van der Waals surface area contributed by atoms with Gasteiger partial charge in [-0.05, 0) is 25.0 Å². The van der Waals surface area contributed by atoms with E-state index in [2.05, 4.69) is 0 Å². The summed E-state index contributed by atoms with van der Waals surface area (Å²) in [6.45, 7) is 0. The number of Topliss-reactive ketones (excluding diaryl/α,β-unsaturated/α-hetero) is 2. The summed E-state index contributed by atoms with van der Waals surface area (Å²) in [5, 5.41) is 0. The minimum absolute atomic E-state index is 0.00713. The molecular formula is C15H18O3. The summed E-state index contributed by atoms with van der Waals surface area (Å²) in [5.41, 5.74) is 0.582. The molecule has 18 heavy (non-hydrogen) atoms. The highest BCUT2D eigenvalue weighted by Gasteiger charge is 2.25. The minimum atomic E-state index is -0.0869. The maximum atomic E-state index is 12.2. The second-order valence-corrected chi connectivity index (χ2v) is 4.74. The number of hydrogen-bond acceptors (Lipinski definition) is 3. The van der Waals surface area contributed by atoms with Crippen molar-refractivity contribution in [2.24, 2.45) is 5.92 Å². The molecule has 0 heterocycles. The van der Waals surface area contributed by atoms with Crippen LogP contribution in [0.5, 0.6) is 5.75 Å². The van der Waals surface area contributed by atoms with Crippen LogP contribution in [-0.2, 0) is 4.79 Å². The molecule has 0 aromatic heterocycles. The van der Waals surface area contributed by atoms with Gasteiger partial charge in [0.15, 0.2) is 5.78 Å². The first-order valence-electron chi connectivity index (χ1n) is 6.41. The molecule has 3 nitrogen and oxygen atoms in total. The predicted octanol–water partition coefficient (Wildman–Crippen LogP) is 3.03. The molecule has 0 spiro atoms. The van der Waals surface area contributed by atoms with Crippen LogP contribution in [0, 0.1) is 5.92 Å². The summed E-state index contributed by atoms with van der Waals surface area (Å²) in [4.78, 5) is 23.9. The molecule has 0 saturated heterocycles. The average molecular weight is 246 g/mol. The largest absolute Gasteiger partial charge is 0.496 e. The predicted molar refractivity (Wildman–Crippen MR) is 68.9 cm³/mol. The lowest BCUT2D eigenvalue weighted by Crippen LogP contribution is -2.22. The van der Waals surface area contributed by atoms with E-state index in [0.29, 0.717) is 24.2 Å². The van der Waals surface area contributed by atoms with E-state index in [1.54, 1.807) is 19.2 Å². The average Bonchev–Trinajstić information content (AvgIpc) is 2.41. The fourth-order valence-electron chi connectivity index (χ4n) is 2.48. The van der Waals surface area contributed by atoms with Gasteiger partial charge in [0.25, 0.3) is 0 Å². The number of carbonyl (C=O) groups is 2. The Morgan fingerprint density at radius 2 is 2.11 bits per heavy atom. The highest BCUT2D eigenvalue weighted by atomic mass is 16.5. The van der Waals surface area contributed by atoms with Gasteiger partial charge in [-0.15, -0.1) is 0 Å². The molecule has 0 bridgehead atoms. The number of benzene rings is 1. The van der Waals surface area contributed by atoms with Gasteiger partial charge in [-0.2, -0.15) is 0 Å². The van der Waals surface area contributed by atoms with Crippen LogP contribution in [-0.4, -0.2) is 18.7 Å². The lowest BCUT2D eigenvalue weighted by molar-refractivity contribution is -0.124. The van der Waals surface area contributed by atoms with Crippen LogP contribution in [0.4, 0.5) is 0 Å². The van der Waals surface area contributed by atoms with Crippen LogP contribution < -0.4 is 4.74 Å². The molecule has 3 heteroatoms. The topological polar surface area (TPSA) is 43.4 Å². The monoisotopic (exact) mass is 246 g/mol. The molecule has 0 amide bonds. The number of carbonyl (C=O) groups excluding carboxylic acids is 2. The Morgan fingerprint density at radius 3 is 2.83 bits per heavy atom. The van der Waals surface area contributed by atoms with Gasteiger partial charge in [-0.3, -0.25) is 9.59 Å². The molecule has 0 N–H and O–H groups in total. The van der Waals surface area contributed by atoms with E-state index in [1.807, 2.05) is 12.1 Å². The van der Waals surface area contributed by atoms with Crippen LogP contribution >= 0.6 is 0 Å². The first-order valence-corrected chi connectivity index (χ1v) is 6.41. The van der Waals surface area contributed by atoms with Crippen molar-refractivity contribution in [2.75, 3.05) is 7.11 Å². The van der Waals surface area contributed by atoms with Gasteiger partial charge < -0.3 is 4.74 Å². The third-order valence-electron chi connectivity index (χ3n) is 3.52. The van der Waals surface area contributed by atoms with E-state index in [4.69, 9.17) is 4.74 Å². The van der Waals surface area contributed by atoms with Crippen LogP contribution in [0.1, 0.15) is 42.5 Å². The molecule has 0 aliphatic heterocycles. The lowest BCUT2D eigenvalue weighted by Gasteiger charge is -2.19. The number of rotatable bonds is 4. The summed E-state index contributed by atoms with van der Waals surface area (Å²) in [6, 6.07) is 7.18. The standard InChI is InChI=1S/C15H18O3/c1-18-15-9-5-3-7-12(15)14(17)10-11-6-2-4-8-13(11)16/h3,5,7,9,11H,2,4,6,8,10H2,1H3. The summed E-state index contributed by atoms with van der Waals surface area (Å²) in [6.07, 6.45) is 3.82. The van der Waals surface area contributed by atoms with Crippen molar-refractivity contribution >= 4 is 11.6 Å². The highest BCUT2D eigenvalue weighted by Crippen LogP contribution is 2.27. The van der Waals surface area contributed by atoms with Crippen LogP contribution in [0.3, 0.4) is 0 Å². The fourth-order valence-corrected chi connectivity index (χ4v) is 2.48. The second-order valence-electron chi connectivity index (χ2n) is 4.74. The number of para-hydroxylation sites is 1. The van der Waals surface area contributed by atoms with E-state index >= 15 is 0 Å². The maximum absolute atomic E-state index is 12.2. The van der Waals surface area contributed by atoms with E-state index in [0.717, 1.165) is 19.3 Å². The van der Waals surface area contributed by atoms with Crippen molar-refractivity contribution in [2.45, 2.75) is 32.1 Å². The number of hydrogen-bond donors (Lipinski definition) is 0. The van der Waals surface area contributed by atoms with Gasteiger partial charge >= 0.3 is 0 Å². The van der Waals surface area contributed by atoms with Gasteiger partial charge in [0.05, 0.1) is 12.7 Å². The van der Waals surface area contributed by atoms with Crippen LogP contribution in [0.15, 0.2) is 24.3 Å². The zero-order chi connectivity index (χ0) is 13.0. The third kappa shape index (κ3) is 2.78. The summed E-state index contributed by atoms with van der Waals surface area (Å²) in [7, 11) is 1.55. The van der Waals surface area contributed by atoms with Gasteiger partial charge in [0.2, 0.25) is 0 Å². The van der Waals surface area contributed by atoms with Gasteiger partial charge in [0, 0.05) is 18.8 Å². The summed E-state index contributed by atoms with van der Waals surface area (Å²) in [5.74, 6) is 0.749. The van der Waals surface area contributed by atoms with Gasteiger partial charge in [0.1, 0.15) is 11.5 Å². The Morgan fingerprint density at radius 1 is 1.33 bits per heavy atom. The van der Waals surface area contributed by atoms with Crippen molar-refractivity contribution in [3.8, 4) is 5.75 Å². The van der Waals surface area contributed by atoms with E-state index in [9.17, 15) is 9.59 Å². The molecule has 1 aromatic carbocycles. The molecule has 1 aliphatic rings. The first-order chi connectivity index (χ1) is 8.72. The van der Waals surface area contributed by atoms with E-state index < -0.39 is 0 Å². The minimum Gasteiger partial charge on any atom is -0.496 e. The van der Waals surface area contributed by atoms with Crippen LogP contribution in [0.2, 0.25) is 0 Å². The lowest BCUT2D eigenvalue weighted by atomic mass is 9.83. The maximum Gasteiger partial charge on any atom is 0.167 e. The Balaban J connectivity index is 2.09. The molecule has 1 unspecified atom stereocenters. The highest BCUT2D eigenvalue weighted by molar-refractivity contribution is 6.01. The Hall–Kier alpha value is -1.64. The molecule has 1 aromatic rings. The van der Waals surface area contributed by atoms with Crippen molar-refractivity contribution in [1.29, 1.82) is 0 Å². The Bertz CT molecular complexity index is 451. The van der Waals surface area contributed by atoms with Crippen molar-refractivity contribution < 1.29 is 14.3 Å². The van der Waals surface area contributed by atoms with Crippen molar-refractivity contribution in [3.05, 3.63) is 29.8 Å². The Labute approximate surface area is 107 Å². The molecule has 2 rings (SSSR count). The summed E-state index contributed by atoms with van der Waals surface area (Å²) >= 11 is 0.